The lowest BCUT2D eigenvalue weighted by Gasteiger charge is -2.18. The summed E-state index contributed by atoms with van der Waals surface area (Å²) in [5, 5.41) is 12.0. The van der Waals surface area contributed by atoms with Gasteiger partial charge in [-0.1, -0.05) is 18.2 Å². The molecule has 4 rings (SSSR count). The van der Waals surface area contributed by atoms with E-state index in [1.807, 2.05) is 0 Å². The molecule has 9 nitrogen and oxygen atoms in total. The molecule has 136 valence electrons. The second kappa shape index (κ2) is 6.96. The Morgan fingerprint density at radius 3 is 2.73 bits per heavy atom. The highest BCUT2D eigenvalue weighted by Gasteiger charge is 2.50. The number of carbonyl (C=O) groups excluding carboxylic acids is 1. The monoisotopic (exact) mass is 359 g/mol. The van der Waals surface area contributed by atoms with Gasteiger partial charge in [-0.2, -0.15) is 4.98 Å². The minimum atomic E-state index is -0.751. The summed E-state index contributed by atoms with van der Waals surface area (Å²) < 4.78 is 17.8. The van der Waals surface area contributed by atoms with E-state index in [2.05, 4.69) is 10.3 Å². The van der Waals surface area contributed by atoms with Gasteiger partial charge in [0.05, 0.1) is 6.61 Å². The lowest BCUT2D eigenvalue weighted by Crippen LogP contribution is -2.34. The third-order valence-electron chi connectivity index (χ3n) is 4.37. The Kier molecular flexibility index (Phi) is 4.51. The number of hydrogen-bond acceptors (Lipinski definition) is 7. The van der Waals surface area contributed by atoms with Crippen LogP contribution in [0, 0.1) is 0 Å². The van der Waals surface area contributed by atoms with Gasteiger partial charge in [0, 0.05) is 11.8 Å². The highest BCUT2D eigenvalue weighted by atomic mass is 16.7. The number of anilines is 1. The third-order valence-corrected chi connectivity index (χ3v) is 4.37. The Bertz CT molecular complexity index is 855. The fourth-order valence-corrected chi connectivity index (χ4v) is 3.11. The second-order valence-electron chi connectivity index (χ2n) is 5.95. The largest absolute Gasteiger partial charge is 0.394 e. The molecule has 4 atom stereocenters. The van der Waals surface area contributed by atoms with Crippen molar-refractivity contribution in [3.63, 3.8) is 0 Å². The first kappa shape index (κ1) is 16.9. The van der Waals surface area contributed by atoms with Gasteiger partial charge in [-0.05, 0) is 18.2 Å². The van der Waals surface area contributed by atoms with E-state index in [1.54, 1.807) is 30.3 Å². The number of rotatable bonds is 4. The van der Waals surface area contributed by atoms with Gasteiger partial charge in [0.2, 0.25) is 0 Å². The number of fused-ring (bicyclic) bond motifs is 1. The van der Waals surface area contributed by atoms with Gasteiger partial charge in [-0.3, -0.25) is 9.36 Å². The molecular weight excluding hydrogens is 342 g/mol. The van der Waals surface area contributed by atoms with Crippen LogP contribution in [0.3, 0.4) is 0 Å². The molecule has 0 saturated carbocycles. The molecule has 2 saturated heterocycles. The predicted octanol–water partition coefficient (Wildman–Crippen LogP) is 0.127. The maximum absolute atomic E-state index is 12.4. The van der Waals surface area contributed by atoms with Crippen molar-refractivity contribution < 1.29 is 24.1 Å². The maximum Gasteiger partial charge on any atom is 0.351 e. The zero-order chi connectivity index (χ0) is 18.1. The molecule has 1 amide bonds. The first-order chi connectivity index (χ1) is 12.7. The lowest BCUT2D eigenvalue weighted by molar-refractivity contribution is -0.110. The fraction of sp³-hybridized carbons (Fsp3) is 0.353. The van der Waals surface area contributed by atoms with Crippen molar-refractivity contribution in [1.82, 2.24) is 9.55 Å². The van der Waals surface area contributed by atoms with Gasteiger partial charge < -0.3 is 24.6 Å². The van der Waals surface area contributed by atoms with Crippen LogP contribution in [0.5, 0.6) is 0 Å². The Balaban J connectivity index is 1.53. The predicted molar refractivity (Wildman–Crippen MR) is 88.5 cm³/mol. The van der Waals surface area contributed by atoms with E-state index < -0.39 is 30.2 Å². The normalized spacial score (nSPS) is 27.3. The van der Waals surface area contributed by atoms with Crippen molar-refractivity contribution in [2.24, 2.45) is 0 Å². The second-order valence-corrected chi connectivity index (χ2v) is 5.95. The van der Waals surface area contributed by atoms with E-state index in [9.17, 15) is 14.7 Å². The van der Waals surface area contributed by atoms with Crippen LogP contribution in [0.2, 0.25) is 0 Å². The van der Waals surface area contributed by atoms with Crippen LogP contribution in [0.4, 0.5) is 5.82 Å². The SMILES string of the molecule is O=C(Nc1ccn(C2OC(CO)C3OCOC32)c(=O)n1)c1ccccc1. The number of hydrogen-bond donors (Lipinski definition) is 2. The average molecular weight is 359 g/mol. The first-order valence-electron chi connectivity index (χ1n) is 8.12. The lowest BCUT2D eigenvalue weighted by atomic mass is 10.1. The number of nitrogens with zero attached hydrogens (tertiary/aromatic N) is 2. The van der Waals surface area contributed by atoms with Crippen molar-refractivity contribution in [2.45, 2.75) is 24.5 Å². The quantitative estimate of drug-likeness (QED) is 0.798. The molecule has 26 heavy (non-hydrogen) atoms. The number of benzene rings is 1. The Labute approximate surface area is 148 Å². The number of aliphatic hydroxyl groups excluding tert-OH is 1. The number of nitrogens with one attached hydrogen (secondary N) is 1. The summed E-state index contributed by atoms with van der Waals surface area (Å²) in [6.45, 7) is -0.159. The number of aliphatic hydroxyl groups is 1. The molecule has 2 fully saturated rings. The van der Waals surface area contributed by atoms with Crippen molar-refractivity contribution in [3.05, 3.63) is 58.6 Å². The minimum Gasteiger partial charge on any atom is -0.394 e. The van der Waals surface area contributed by atoms with Gasteiger partial charge in [0.1, 0.15) is 30.9 Å². The summed E-state index contributed by atoms with van der Waals surface area (Å²) in [6.07, 6.45) is -0.791. The maximum atomic E-state index is 12.4. The van der Waals surface area contributed by atoms with Gasteiger partial charge in [0.25, 0.3) is 5.91 Å². The van der Waals surface area contributed by atoms with E-state index in [0.29, 0.717) is 5.56 Å². The smallest absolute Gasteiger partial charge is 0.351 e. The van der Waals surface area contributed by atoms with Crippen LogP contribution in [0.1, 0.15) is 16.6 Å². The molecule has 2 N–H and O–H groups in total. The van der Waals surface area contributed by atoms with Crippen LogP contribution in [0.25, 0.3) is 0 Å². The summed E-state index contributed by atoms with van der Waals surface area (Å²) in [6, 6.07) is 10.1. The Morgan fingerprint density at radius 2 is 2.00 bits per heavy atom. The van der Waals surface area contributed by atoms with E-state index in [1.165, 1.54) is 16.8 Å². The molecule has 3 heterocycles. The zero-order valence-corrected chi connectivity index (χ0v) is 13.6. The molecule has 2 aliphatic heterocycles. The molecule has 1 aromatic heterocycles. The highest BCUT2D eigenvalue weighted by Crippen LogP contribution is 2.36. The van der Waals surface area contributed by atoms with E-state index in [0.717, 1.165) is 0 Å². The van der Waals surface area contributed by atoms with Gasteiger partial charge in [0.15, 0.2) is 6.23 Å². The van der Waals surface area contributed by atoms with Crippen LogP contribution in [-0.4, -0.2) is 52.3 Å². The highest BCUT2D eigenvalue weighted by molar-refractivity contribution is 6.03. The Morgan fingerprint density at radius 1 is 1.23 bits per heavy atom. The van der Waals surface area contributed by atoms with Crippen LogP contribution >= 0.6 is 0 Å². The standard InChI is InChI=1S/C17H17N3O6/c21-8-11-13-14(25-9-24-13)16(26-11)20-7-6-12(19-17(20)23)18-15(22)10-4-2-1-3-5-10/h1-7,11,13-14,16,21H,8-9H2,(H,18,19,22,23). The third kappa shape index (κ3) is 3.01. The van der Waals surface area contributed by atoms with Gasteiger partial charge >= 0.3 is 5.69 Å². The van der Waals surface area contributed by atoms with Gasteiger partial charge in [-0.25, -0.2) is 4.79 Å². The molecule has 4 unspecified atom stereocenters. The molecule has 0 radical (unpaired) electrons. The van der Waals surface area contributed by atoms with Crippen LogP contribution < -0.4 is 11.0 Å². The van der Waals surface area contributed by atoms with Crippen LogP contribution in [-0.2, 0) is 14.2 Å². The van der Waals surface area contributed by atoms with E-state index >= 15 is 0 Å². The molecule has 9 heteroatoms. The van der Waals surface area contributed by atoms with Crippen molar-refractivity contribution >= 4 is 11.7 Å². The van der Waals surface area contributed by atoms with Gasteiger partial charge in [-0.15, -0.1) is 0 Å². The topological polar surface area (TPSA) is 112 Å². The summed E-state index contributed by atoms with van der Waals surface area (Å²) >= 11 is 0. The summed E-state index contributed by atoms with van der Waals surface area (Å²) in [5.41, 5.74) is -0.142. The summed E-state index contributed by atoms with van der Waals surface area (Å²) in [4.78, 5) is 28.4. The minimum absolute atomic E-state index is 0.0824. The number of aromatic nitrogens is 2. The molecule has 2 aliphatic rings. The average Bonchev–Trinajstić information content (AvgIpc) is 3.25. The van der Waals surface area contributed by atoms with Crippen LogP contribution in [0.15, 0.2) is 47.4 Å². The summed E-state index contributed by atoms with van der Waals surface area (Å²) in [5.74, 6) is -0.225. The first-order valence-corrected chi connectivity index (χ1v) is 8.12. The molecule has 0 aliphatic carbocycles. The van der Waals surface area contributed by atoms with Crippen molar-refractivity contribution in [2.75, 3.05) is 18.7 Å². The van der Waals surface area contributed by atoms with Crippen molar-refractivity contribution in [1.29, 1.82) is 0 Å². The summed E-state index contributed by atoms with van der Waals surface area (Å²) in [7, 11) is 0. The zero-order valence-electron chi connectivity index (χ0n) is 13.6. The molecule has 0 spiro atoms. The van der Waals surface area contributed by atoms with E-state index in [4.69, 9.17) is 14.2 Å². The molecule has 0 bridgehead atoms. The number of ether oxygens (including phenoxy) is 3. The fourth-order valence-electron chi connectivity index (χ4n) is 3.11. The number of carbonyl (C=O) groups is 1. The van der Waals surface area contributed by atoms with E-state index in [-0.39, 0.29) is 25.1 Å². The number of amides is 1. The Hall–Kier alpha value is -2.59. The molecular formula is C17H17N3O6. The molecule has 2 aromatic rings. The molecule has 1 aromatic carbocycles. The van der Waals surface area contributed by atoms with Crippen molar-refractivity contribution in [3.8, 4) is 0 Å².